The molecule has 124 valence electrons. The van der Waals surface area contributed by atoms with E-state index in [1.807, 2.05) is 48.5 Å². The summed E-state index contributed by atoms with van der Waals surface area (Å²) in [6, 6.07) is 15.5. The third kappa shape index (κ3) is 3.96. The Kier molecular flexibility index (Phi) is 6.01. The Morgan fingerprint density at radius 2 is 2.00 bits per heavy atom. The maximum Gasteiger partial charge on any atom is 0.198 e. The van der Waals surface area contributed by atoms with Crippen molar-refractivity contribution >= 4 is 52.2 Å². The number of halogens is 2. The monoisotopic (exact) mass is 360 g/mol. The van der Waals surface area contributed by atoms with Gasteiger partial charge in [0.05, 0.1) is 21.9 Å². The number of aromatic nitrogens is 1. The summed E-state index contributed by atoms with van der Waals surface area (Å²) in [6.07, 6.45) is 2.67. The van der Waals surface area contributed by atoms with Gasteiger partial charge < -0.3 is 11.1 Å². The number of hydrogen-bond acceptors (Lipinski definition) is 2. The van der Waals surface area contributed by atoms with Crippen molar-refractivity contribution in [2.75, 3.05) is 5.32 Å². The summed E-state index contributed by atoms with van der Waals surface area (Å²) < 4.78 is 0. The number of rotatable bonds is 3. The largest absolute Gasteiger partial charge is 0.369 e. The van der Waals surface area contributed by atoms with E-state index in [2.05, 4.69) is 22.2 Å². The second-order valence-corrected chi connectivity index (χ2v) is 5.55. The first kappa shape index (κ1) is 18.0. The highest BCUT2D eigenvalue weighted by Gasteiger charge is 2.05. The Hall–Kier alpha value is -2.30. The second kappa shape index (κ2) is 7.99. The number of para-hydroxylation sites is 1. The molecule has 3 rings (SSSR count). The lowest BCUT2D eigenvalue weighted by molar-refractivity contribution is 1.14. The number of fused-ring (bicyclic) bond motifs is 1. The van der Waals surface area contributed by atoms with E-state index in [0.29, 0.717) is 5.02 Å². The number of nitrogens with two attached hydrogens (primary N) is 1. The lowest BCUT2D eigenvalue weighted by Crippen LogP contribution is -2.22. The zero-order valence-corrected chi connectivity index (χ0v) is 14.7. The Morgan fingerprint density at radius 1 is 1.21 bits per heavy atom. The molecular formula is C18H18Cl2N4. The summed E-state index contributed by atoms with van der Waals surface area (Å²) in [4.78, 5) is 8.81. The molecule has 0 atom stereocenters. The molecule has 0 aliphatic carbocycles. The SMILES string of the molecule is CCc1ccc(Cl)c(NC(N)=Nc2cccc3cccnc23)c1.Cl. The molecule has 0 aliphatic heterocycles. The Balaban J connectivity index is 0.00000208. The van der Waals surface area contributed by atoms with Crippen LogP contribution in [0.1, 0.15) is 12.5 Å². The fourth-order valence-electron chi connectivity index (χ4n) is 2.36. The van der Waals surface area contributed by atoms with Gasteiger partial charge >= 0.3 is 0 Å². The number of anilines is 1. The van der Waals surface area contributed by atoms with Crippen LogP contribution in [-0.4, -0.2) is 10.9 Å². The standard InChI is InChI=1S/C18H17ClN4.ClH/c1-2-12-8-9-14(19)16(11-12)23-18(20)22-15-7-3-5-13-6-4-10-21-17(13)15;/h3-11H,2H2,1H3,(H3,20,22,23);1H. The first-order chi connectivity index (χ1) is 11.2. The summed E-state index contributed by atoms with van der Waals surface area (Å²) in [6.45, 7) is 2.09. The van der Waals surface area contributed by atoms with Gasteiger partial charge in [0.15, 0.2) is 5.96 Å². The molecule has 2 aromatic carbocycles. The van der Waals surface area contributed by atoms with E-state index in [9.17, 15) is 0 Å². The van der Waals surface area contributed by atoms with Crippen LogP contribution in [0.2, 0.25) is 5.02 Å². The summed E-state index contributed by atoms with van der Waals surface area (Å²) in [7, 11) is 0. The van der Waals surface area contributed by atoms with Crippen molar-refractivity contribution in [2.24, 2.45) is 10.7 Å². The quantitative estimate of drug-likeness (QED) is 0.514. The van der Waals surface area contributed by atoms with Crippen molar-refractivity contribution in [1.29, 1.82) is 0 Å². The lowest BCUT2D eigenvalue weighted by Gasteiger charge is -2.09. The predicted molar refractivity (Wildman–Crippen MR) is 105 cm³/mol. The molecule has 0 radical (unpaired) electrons. The highest BCUT2D eigenvalue weighted by molar-refractivity contribution is 6.33. The van der Waals surface area contributed by atoms with Gasteiger partial charge in [-0.3, -0.25) is 4.98 Å². The van der Waals surface area contributed by atoms with Gasteiger partial charge in [0, 0.05) is 11.6 Å². The molecule has 0 spiro atoms. The van der Waals surface area contributed by atoms with Crippen LogP contribution in [0.5, 0.6) is 0 Å². The van der Waals surface area contributed by atoms with Crippen LogP contribution in [0.15, 0.2) is 59.7 Å². The Labute approximate surface area is 152 Å². The highest BCUT2D eigenvalue weighted by atomic mass is 35.5. The van der Waals surface area contributed by atoms with Crippen molar-refractivity contribution < 1.29 is 0 Å². The molecule has 0 bridgehead atoms. The minimum atomic E-state index is 0. The van der Waals surface area contributed by atoms with Crippen LogP contribution in [0.3, 0.4) is 0 Å². The predicted octanol–water partition coefficient (Wildman–Crippen LogP) is 4.93. The molecule has 4 nitrogen and oxygen atoms in total. The first-order valence-electron chi connectivity index (χ1n) is 7.40. The van der Waals surface area contributed by atoms with Crippen LogP contribution in [0.25, 0.3) is 10.9 Å². The topological polar surface area (TPSA) is 63.3 Å². The number of pyridine rings is 1. The molecule has 24 heavy (non-hydrogen) atoms. The third-order valence-corrected chi connectivity index (χ3v) is 3.88. The van der Waals surface area contributed by atoms with E-state index in [4.69, 9.17) is 17.3 Å². The minimum absolute atomic E-state index is 0. The maximum absolute atomic E-state index is 6.21. The zero-order valence-electron chi connectivity index (χ0n) is 13.2. The Morgan fingerprint density at radius 3 is 2.79 bits per heavy atom. The van der Waals surface area contributed by atoms with Crippen molar-refractivity contribution in [3.05, 3.63) is 65.3 Å². The number of hydrogen-bond donors (Lipinski definition) is 2. The zero-order chi connectivity index (χ0) is 16.2. The molecular weight excluding hydrogens is 343 g/mol. The van der Waals surface area contributed by atoms with Gasteiger partial charge in [-0.2, -0.15) is 0 Å². The second-order valence-electron chi connectivity index (χ2n) is 5.14. The van der Waals surface area contributed by atoms with Gasteiger partial charge in [-0.15, -0.1) is 12.4 Å². The molecule has 0 aliphatic rings. The summed E-state index contributed by atoms with van der Waals surface area (Å²) in [5.74, 6) is 0.276. The Bertz CT molecular complexity index is 873. The van der Waals surface area contributed by atoms with Gasteiger partial charge in [-0.05, 0) is 36.2 Å². The van der Waals surface area contributed by atoms with Crippen LogP contribution in [-0.2, 0) is 6.42 Å². The van der Waals surface area contributed by atoms with Crippen molar-refractivity contribution in [1.82, 2.24) is 4.98 Å². The third-order valence-electron chi connectivity index (χ3n) is 3.55. The van der Waals surface area contributed by atoms with E-state index in [0.717, 1.165) is 28.7 Å². The number of guanidine groups is 1. The average Bonchev–Trinajstić information content (AvgIpc) is 2.57. The number of nitrogens with one attached hydrogen (secondary N) is 1. The molecule has 0 amide bonds. The number of benzene rings is 2. The first-order valence-corrected chi connectivity index (χ1v) is 7.78. The van der Waals surface area contributed by atoms with Gasteiger partial charge in [-0.1, -0.05) is 42.8 Å². The molecule has 1 aromatic heterocycles. The summed E-state index contributed by atoms with van der Waals surface area (Å²) in [5.41, 5.74) is 9.50. The molecule has 1 heterocycles. The van der Waals surface area contributed by atoms with E-state index < -0.39 is 0 Å². The number of nitrogens with zero attached hydrogens (tertiary/aromatic N) is 2. The van der Waals surface area contributed by atoms with Crippen LogP contribution >= 0.6 is 24.0 Å². The van der Waals surface area contributed by atoms with Crippen LogP contribution in [0.4, 0.5) is 11.4 Å². The molecule has 0 fully saturated rings. The van der Waals surface area contributed by atoms with Crippen LogP contribution in [0, 0.1) is 0 Å². The highest BCUT2D eigenvalue weighted by Crippen LogP contribution is 2.25. The fourth-order valence-corrected chi connectivity index (χ4v) is 2.53. The fraction of sp³-hybridized carbons (Fsp3) is 0.111. The molecule has 0 unspecified atom stereocenters. The van der Waals surface area contributed by atoms with Crippen molar-refractivity contribution in [2.45, 2.75) is 13.3 Å². The van der Waals surface area contributed by atoms with Crippen LogP contribution < -0.4 is 11.1 Å². The number of aliphatic imine (C=N–C) groups is 1. The van der Waals surface area contributed by atoms with Crippen molar-refractivity contribution in [3.8, 4) is 0 Å². The molecule has 0 saturated heterocycles. The summed E-state index contributed by atoms with van der Waals surface area (Å²) >= 11 is 6.21. The minimum Gasteiger partial charge on any atom is -0.369 e. The van der Waals surface area contributed by atoms with E-state index in [1.54, 1.807) is 6.20 Å². The molecule has 6 heteroatoms. The van der Waals surface area contributed by atoms with Gasteiger partial charge in [0.2, 0.25) is 0 Å². The van der Waals surface area contributed by atoms with Gasteiger partial charge in [0.25, 0.3) is 0 Å². The molecule has 0 saturated carbocycles. The van der Waals surface area contributed by atoms with E-state index in [-0.39, 0.29) is 18.4 Å². The molecule has 3 aromatic rings. The average molecular weight is 361 g/mol. The van der Waals surface area contributed by atoms with Gasteiger partial charge in [0.1, 0.15) is 0 Å². The van der Waals surface area contributed by atoms with Gasteiger partial charge in [-0.25, -0.2) is 4.99 Å². The normalized spacial score (nSPS) is 11.2. The smallest absolute Gasteiger partial charge is 0.198 e. The van der Waals surface area contributed by atoms with Crippen molar-refractivity contribution in [3.63, 3.8) is 0 Å². The maximum atomic E-state index is 6.21. The van der Waals surface area contributed by atoms with E-state index in [1.165, 1.54) is 5.56 Å². The molecule has 3 N–H and O–H groups in total. The summed E-state index contributed by atoms with van der Waals surface area (Å²) in [5, 5.41) is 4.69. The lowest BCUT2D eigenvalue weighted by atomic mass is 10.1. The van der Waals surface area contributed by atoms with E-state index >= 15 is 0 Å². The number of aryl methyl sites for hydroxylation is 1.